The maximum Gasteiger partial charge on any atom is 0.460 e. The quantitative estimate of drug-likeness (QED) is 0.429. The Bertz CT molecular complexity index is 1210. The number of nitrogens with one attached hydrogen (secondary N) is 1. The number of aliphatic hydroxyl groups is 2. The van der Waals surface area contributed by atoms with Gasteiger partial charge in [0.1, 0.15) is 18.0 Å². The summed E-state index contributed by atoms with van der Waals surface area (Å²) in [5.41, 5.74) is -2.91. The van der Waals surface area contributed by atoms with Gasteiger partial charge in [0.15, 0.2) is 0 Å². The Morgan fingerprint density at radius 2 is 1.69 bits per heavy atom. The Kier molecular flexibility index (Phi) is 7.05. The summed E-state index contributed by atoms with van der Waals surface area (Å²) in [5.74, 6) is -19.6. The Labute approximate surface area is 192 Å². The molecule has 2 aromatic rings. The van der Waals surface area contributed by atoms with Gasteiger partial charge < -0.3 is 14.9 Å². The average Bonchev–Trinajstić information content (AvgIpc) is 3.37. The van der Waals surface area contributed by atoms with Crippen molar-refractivity contribution in [2.75, 3.05) is 6.61 Å². The van der Waals surface area contributed by atoms with Crippen molar-refractivity contribution in [1.82, 2.24) is 24.5 Å². The summed E-state index contributed by atoms with van der Waals surface area (Å²) in [6.45, 7) is -1.90. The van der Waals surface area contributed by atoms with Gasteiger partial charge in [-0.2, -0.15) is 39.5 Å². The van der Waals surface area contributed by atoms with Gasteiger partial charge in [-0.05, 0) is 0 Å². The molecule has 3 atom stereocenters. The van der Waals surface area contributed by atoms with Crippen LogP contribution in [0.4, 0.5) is 39.5 Å². The fraction of sp³-hybridized carbons (Fsp3) is 0.647. The van der Waals surface area contributed by atoms with Crippen LogP contribution in [0, 0.1) is 0 Å². The van der Waals surface area contributed by atoms with Gasteiger partial charge in [0, 0.05) is 25.6 Å². The number of hydrogen-bond acceptors (Lipinski definition) is 7. The smallest absolute Gasteiger partial charge is 0.394 e. The summed E-state index contributed by atoms with van der Waals surface area (Å²) in [7, 11) is 0. The number of nitrogens with zero attached hydrogens (tertiary/aromatic N) is 4. The second-order valence-electron chi connectivity index (χ2n) is 7.79. The summed E-state index contributed by atoms with van der Waals surface area (Å²) in [6, 6.07) is 0. The number of hydrogen-bond donors (Lipinski definition) is 3. The summed E-state index contributed by atoms with van der Waals surface area (Å²) >= 11 is 0. The fourth-order valence-corrected chi connectivity index (χ4v) is 3.28. The first-order valence-electron chi connectivity index (χ1n) is 9.83. The van der Waals surface area contributed by atoms with Gasteiger partial charge in [-0.1, -0.05) is 5.21 Å². The molecule has 202 valence electrons. The van der Waals surface area contributed by atoms with Gasteiger partial charge in [0.25, 0.3) is 5.56 Å². The van der Waals surface area contributed by atoms with E-state index in [1.165, 1.54) is 0 Å². The number of aromatic nitrogens is 5. The molecule has 3 rings (SSSR count). The maximum absolute atomic E-state index is 13.7. The molecule has 0 unspecified atom stereocenters. The van der Waals surface area contributed by atoms with Crippen LogP contribution in [0.2, 0.25) is 0 Å². The van der Waals surface area contributed by atoms with Crippen LogP contribution >= 0.6 is 0 Å². The van der Waals surface area contributed by atoms with Crippen LogP contribution in [-0.4, -0.2) is 77.5 Å². The van der Waals surface area contributed by atoms with E-state index in [0.29, 0.717) is 4.68 Å². The highest BCUT2D eigenvalue weighted by Gasteiger charge is 2.81. The lowest BCUT2D eigenvalue weighted by molar-refractivity contribution is -0.397. The monoisotopic (exact) mass is 541 g/mol. The number of aliphatic hydroxyl groups excluding tert-OH is 2. The van der Waals surface area contributed by atoms with Crippen LogP contribution in [0.3, 0.4) is 0 Å². The maximum atomic E-state index is 13.7. The number of ether oxygens (including phenoxy) is 1. The zero-order valence-electron chi connectivity index (χ0n) is 17.5. The summed E-state index contributed by atoms with van der Waals surface area (Å²) in [5, 5.41) is 25.6. The number of alkyl halides is 9. The Hall–Kier alpha value is -2.93. The lowest BCUT2D eigenvalue weighted by Gasteiger charge is -2.33. The zero-order valence-corrected chi connectivity index (χ0v) is 17.5. The van der Waals surface area contributed by atoms with Gasteiger partial charge >= 0.3 is 29.6 Å². The third-order valence-corrected chi connectivity index (χ3v) is 5.34. The molecule has 1 fully saturated rings. The molecule has 0 amide bonds. The molecular weight excluding hydrogens is 525 g/mol. The topological polar surface area (TPSA) is 135 Å². The molecule has 1 aliphatic rings. The van der Waals surface area contributed by atoms with Crippen LogP contribution in [0.25, 0.3) is 11.3 Å². The molecule has 0 spiro atoms. The lowest BCUT2D eigenvalue weighted by Crippen LogP contribution is -2.61. The average molecular weight is 541 g/mol. The Balaban J connectivity index is 1.82. The number of H-pyrrole nitrogens is 1. The highest BCUT2D eigenvalue weighted by molar-refractivity contribution is 5.54. The first-order valence-corrected chi connectivity index (χ1v) is 9.83. The van der Waals surface area contributed by atoms with Crippen molar-refractivity contribution in [3.8, 4) is 11.3 Å². The van der Waals surface area contributed by atoms with Crippen LogP contribution in [0.5, 0.6) is 0 Å². The summed E-state index contributed by atoms with van der Waals surface area (Å²) in [6.07, 6.45) is -11.1. The zero-order chi connectivity index (χ0) is 27.3. The summed E-state index contributed by atoms with van der Waals surface area (Å²) in [4.78, 5) is 26.2. The van der Waals surface area contributed by atoms with Crippen molar-refractivity contribution in [2.45, 2.75) is 61.8 Å². The Morgan fingerprint density at radius 3 is 2.25 bits per heavy atom. The molecule has 10 nitrogen and oxygen atoms in total. The van der Waals surface area contributed by atoms with Gasteiger partial charge in [-0.25, -0.2) is 4.79 Å². The first-order chi connectivity index (χ1) is 16.4. The van der Waals surface area contributed by atoms with E-state index in [1.807, 2.05) is 4.98 Å². The van der Waals surface area contributed by atoms with Crippen molar-refractivity contribution in [3.63, 3.8) is 0 Å². The van der Waals surface area contributed by atoms with E-state index in [1.54, 1.807) is 0 Å². The standard InChI is InChI=1S/C17H16F9N5O5/c18-14(19,15(20,21)16(22,23)17(24,25)26)1-2-30-5-8(28-29-30)7-4-31(13(35)27-12(7)34)11-3-9(33)10(6-32)36-11/h4-5,9-11,32-33H,1-3,6H2,(H,27,34,35)/t9-,10+,11+/m0/s1. The fourth-order valence-electron chi connectivity index (χ4n) is 3.28. The van der Waals surface area contributed by atoms with Gasteiger partial charge in [-0.15, -0.1) is 5.10 Å². The van der Waals surface area contributed by atoms with E-state index >= 15 is 0 Å². The minimum atomic E-state index is -7.02. The van der Waals surface area contributed by atoms with Crippen LogP contribution < -0.4 is 11.2 Å². The van der Waals surface area contributed by atoms with Gasteiger partial charge in [0.05, 0.1) is 24.5 Å². The van der Waals surface area contributed by atoms with Crippen LogP contribution in [0.15, 0.2) is 22.0 Å². The van der Waals surface area contributed by atoms with Crippen molar-refractivity contribution < 1.29 is 54.5 Å². The van der Waals surface area contributed by atoms with Crippen molar-refractivity contribution >= 4 is 0 Å². The van der Waals surface area contributed by atoms with Gasteiger partial charge in [-0.3, -0.25) is 19.0 Å². The molecule has 0 aliphatic carbocycles. The van der Waals surface area contributed by atoms with Gasteiger partial charge in [0.2, 0.25) is 0 Å². The second kappa shape index (κ2) is 9.18. The molecule has 0 aromatic carbocycles. The normalized spacial score (nSPS) is 21.8. The van der Waals surface area contributed by atoms with Crippen molar-refractivity contribution in [1.29, 1.82) is 0 Å². The van der Waals surface area contributed by atoms with Crippen molar-refractivity contribution in [3.05, 3.63) is 33.2 Å². The highest BCUT2D eigenvalue weighted by Crippen LogP contribution is 2.54. The molecule has 0 bridgehead atoms. The predicted molar refractivity (Wildman–Crippen MR) is 97.5 cm³/mol. The van der Waals surface area contributed by atoms with E-state index in [-0.39, 0.29) is 6.42 Å². The minimum Gasteiger partial charge on any atom is -0.394 e. The molecule has 3 heterocycles. The van der Waals surface area contributed by atoms with E-state index < -0.39 is 84.5 Å². The molecule has 0 saturated carbocycles. The molecule has 19 heteroatoms. The molecule has 1 aliphatic heterocycles. The molecular formula is C17H16F9N5O5. The first kappa shape index (κ1) is 27.7. The summed E-state index contributed by atoms with van der Waals surface area (Å²) < 4.78 is 123. The van der Waals surface area contributed by atoms with E-state index in [0.717, 1.165) is 17.0 Å². The SMILES string of the molecule is O=c1[nH]c(=O)n([C@H]2C[C@H](O)[C@@H](CO)O2)cc1-c1cn(CCC(F)(F)C(F)(F)C(F)(F)C(F)(F)F)nn1. The largest absolute Gasteiger partial charge is 0.460 e. The highest BCUT2D eigenvalue weighted by atomic mass is 19.4. The van der Waals surface area contributed by atoms with E-state index in [4.69, 9.17) is 9.84 Å². The molecule has 0 radical (unpaired) electrons. The van der Waals surface area contributed by atoms with E-state index in [2.05, 4.69) is 10.3 Å². The number of halogens is 9. The molecule has 1 saturated heterocycles. The number of aryl methyl sites for hydroxylation is 1. The Morgan fingerprint density at radius 1 is 1.06 bits per heavy atom. The molecule has 36 heavy (non-hydrogen) atoms. The lowest BCUT2D eigenvalue weighted by atomic mass is 10.0. The molecule has 2 aromatic heterocycles. The number of rotatable bonds is 8. The minimum absolute atomic E-state index is 0.171. The van der Waals surface area contributed by atoms with Crippen LogP contribution in [0.1, 0.15) is 19.1 Å². The van der Waals surface area contributed by atoms with Crippen molar-refractivity contribution in [2.24, 2.45) is 0 Å². The van der Waals surface area contributed by atoms with Crippen LogP contribution in [-0.2, 0) is 11.3 Å². The predicted octanol–water partition coefficient (Wildman–Crippen LogP) is 1.29. The second-order valence-corrected chi connectivity index (χ2v) is 7.79. The number of aromatic amines is 1. The molecule has 3 N–H and O–H groups in total. The third kappa shape index (κ3) is 4.73. The third-order valence-electron chi connectivity index (χ3n) is 5.34. The van der Waals surface area contributed by atoms with E-state index in [9.17, 15) is 54.2 Å².